The Morgan fingerprint density at radius 1 is 0.938 bits per heavy atom. The quantitative estimate of drug-likeness (QED) is 0.637. The van der Waals surface area contributed by atoms with E-state index in [1.165, 1.54) is 11.3 Å². The molecule has 0 atom stereocenters. The maximum absolute atomic E-state index is 12.9. The van der Waals surface area contributed by atoms with E-state index < -0.39 is 0 Å². The second-order valence-electron chi connectivity index (χ2n) is 8.36. The molecule has 5 rings (SSSR count). The normalized spacial score (nSPS) is 16.8. The van der Waals surface area contributed by atoms with Crippen LogP contribution in [-0.4, -0.2) is 60.0 Å². The van der Waals surface area contributed by atoms with Crippen molar-refractivity contribution in [3.05, 3.63) is 89.7 Å². The summed E-state index contributed by atoms with van der Waals surface area (Å²) < 4.78 is 5.94. The van der Waals surface area contributed by atoms with Gasteiger partial charge in [-0.05, 0) is 42.0 Å². The first-order chi connectivity index (χ1) is 15.8. The second kappa shape index (κ2) is 9.40. The minimum absolute atomic E-state index is 0.00279. The molecule has 1 saturated heterocycles. The van der Waals surface area contributed by atoms with Gasteiger partial charge in [0.25, 0.3) is 5.91 Å². The number of hydrogen-bond donors (Lipinski definition) is 0. The monoisotopic (exact) mass is 428 g/mol. The molecular weight excluding hydrogens is 400 g/mol. The lowest BCUT2D eigenvalue weighted by molar-refractivity contribution is 0.0733. The Balaban J connectivity index is 1.24. The van der Waals surface area contributed by atoms with Crippen molar-refractivity contribution < 1.29 is 9.53 Å². The van der Waals surface area contributed by atoms with Gasteiger partial charge in [0.15, 0.2) is 0 Å². The van der Waals surface area contributed by atoms with E-state index in [0.29, 0.717) is 25.3 Å². The predicted octanol–water partition coefficient (Wildman–Crippen LogP) is 3.44. The van der Waals surface area contributed by atoms with Crippen LogP contribution in [0.2, 0.25) is 0 Å². The molecule has 0 spiro atoms. The Kier molecular flexibility index (Phi) is 6.03. The zero-order valence-corrected chi connectivity index (χ0v) is 18.2. The van der Waals surface area contributed by atoms with Crippen LogP contribution >= 0.6 is 0 Å². The number of piperazine rings is 1. The predicted molar refractivity (Wildman–Crippen MR) is 125 cm³/mol. The highest BCUT2D eigenvalue weighted by atomic mass is 16.5. The van der Waals surface area contributed by atoms with Crippen LogP contribution in [0.25, 0.3) is 0 Å². The summed E-state index contributed by atoms with van der Waals surface area (Å²) in [6, 6.07) is 20.6. The summed E-state index contributed by atoms with van der Waals surface area (Å²) in [6.07, 6.45) is 3.31. The van der Waals surface area contributed by atoms with E-state index in [9.17, 15) is 4.79 Å². The number of hydrogen-bond acceptors (Lipinski definition) is 5. The molecule has 3 heterocycles. The van der Waals surface area contributed by atoms with Crippen molar-refractivity contribution in [2.24, 2.45) is 0 Å². The third-order valence-corrected chi connectivity index (χ3v) is 6.20. The number of ether oxygens (including phenoxy) is 1. The van der Waals surface area contributed by atoms with Gasteiger partial charge in [0, 0.05) is 62.9 Å². The summed E-state index contributed by atoms with van der Waals surface area (Å²) in [5.74, 6) is 0.876. The SMILES string of the molecule is O=C(c1cccnc1)N1CCOc2ccc(CN3CCN(c4ccccc4)CC3)cc2C1. The van der Waals surface area contributed by atoms with Crippen LogP contribution in [-0.2, 0) is 13.1 Å². The number of pyridine rings is 1. The number of fused-ring (bicyclic) bond motifs is 1. The smallest absolute Gasteiger partial charge is 0.255 e. The minimum Gasteiger partial charge on any atom is -0.491 e. The Bertz CT molecular complexity index is 1050. The number of amides is 1. The van der Waals surface area contributed by atoms with Crippen molar-refractivity contribution in [2.45, 2.75) is 13.1 Å². The summed E-state index contributed by atoms with van der Waals surface area (Å²) in [7, 11) is 0. The molecule has 2 aliphatic heterocycles. The fourth-order valence-corrected chi connectivity index (χ4v) is 4.45. The third-order valence-electron chi connectivity index (χ3n) is 6.20. The molecule has 2 aromatic carbocycles. The lowest BCUT2D eigenvalue weighted by Gasteiger charge is -2.36. The maximum Gasteiger partial charge on any atom is 0.255 e. The molecule has 0 saturated carbocycles. The summed E-state index contributed by atoms with van der Waals surface area (Å²) in [5.41, 5.74) is 4.24. The second-order valence-corrected chi connectivity index (χ2v) is 8.36. The Morgan fingerprint density at radius 2 is 1.78 bits per heavy atom. The highest BCUT2D eigenvalue weighted by Gasteiger charge is 2.22. The average Bonchev–Trinajstić information content (AvgIpc) is 3.07. The lowest BCUT2D eigenvalue weighted by atomic mass is 10.1. The van der Waals surface area contributed by atoms with Crippen LogP contribution in [0, 0.1) is 0 Å². The molecule has 1 fully saturated rings. The van der Waals surface area contributed by atoms with Gasteiger partial charge in [0.05, 0.1) is 12.1 Å². The van der Waals surface area contributed by atoms with Crippen molar-refractivity contribution in [1.82, 2.24) is 14.8 Å². The molecule has 32 heavy (non-hydrogen) atoms. The van der Waals surface area contributed by atoms with E-state index in [1.807, 2.05) is 11.0 Å². The van der Waals surface area contributed by atoms with Gasteiger partial charge in [-0.15, -0.1) is 0 Å². The van der Waals surface area contributed by atoms with Crippen molar-refractivity contribution in [3.8, 4) is 5.75 Å². The fourth-order valence-electron chi connectivity index (χ4n) is 4.45. The van der Waals surface area contributed by atoms with Crippen LogP contribution in [0.3, 0.4) is 0 Å². The van der Waals surface area contributed by atoms with Gasteiger partial charge in [-0.2, -0.15) is 0 Å². The number of benzene rings is 2. The molecule has 0 radical (unpaired) electrons. The van der Waals surface area contributed by atoms with E-state index >= 15 is 0 Å². The molecule has 0 N–H and O–H groups in total. The first-order valence-corrected chi connectivity index (χ1v) is 11.2. The summed E-state index contributed by atoms with van der Waals surface area (Å²) in [6.45, 7) is 6.67. The van der Waals surface area contributed by atoms with Crippen LogP contribution in [0.15, 0.2) is 73.1 Å². The van der Waals surface area contributed by atoms with E-state index in [-0.39, 0.29) is 5.91 Å². The molecule has 0 bridgehead atoms. The van der Waals surface area contributed by atoms with Gasteiger partial charge in [0.1, 0.15) is 12.4 Å². The van der Waals surface area contributed by atoms with E-state index in [4.69, 9.17) is 4.74 Å². The van der Waals surface area contributed by atoms with Crippen molar-refractivity contribution in [3.63, 3.8) is 0 Å². The van der Waals surface area contributed by atoms with Crippen molar-refractivity contribution >= 4 is 11.6 Å². The molecule has 6 heteroatoms. The van der Waals surface area contributed by atoms with E-state index in [2.05, 4.69) is 63.3 Å². The maximum atomic E-state index is 12.9. The number of aromatic nitrogens is 1. The molecule has 164 valence electrons. The van der Waals surface area contributed by atoms with Crippen molar-refractivity contribution in [1.29, 1.82) is 0 Å². The minimum atomic E-state index is -0.00279. The van der Waals surface area contributed by atoms with Gasteiger partial charge in [-0.25, -0.2) is 0 Å². The number of rotatable bonds is 4. The van der Waals surface area contributed by atoms with E-state index in [1.54, 1.807) is 18.5 Å². The zero-order chi connectivity index (χ0) is 21.8. The number of anilines is 1. The topological polar surface area (TPSA) is 48.9 Å². The molecule has 0 unspecified atom stereocenters. The third kappa shape index (κ3) is 4.60. The van der Waals surface area contributed by atoms with Crippen LogP contribution in [0.5, 0.6) is 5.75 Å². The van der Waals surface area contributed by atoms with Gasteiger partial charge < -0.3 is 14.5 Å². The molecule has 1 aromatic heterocycles. The van der Waals surface area contributed by atoms with Gasteiger partial charge in [-0.1, -0.05) is 24.3 Å². The van der Waals surface area contributed by atoms with Gasteiger partial charge in [-0.3, -0.25) is 14.7 Å². The van der Waals surface area contributed by atoms with Gasteiger partial charge >= 0.3 is 0 Å². The highest BCUT2D eigenvalue weighted by molar-refractivity contribution is 5.93. The summed E-state index contributed by atoms with van der Waals surface area (Å²) in [4.78, 5) is 23.8. The summed E-state index contributed by atoms with van der Waals surface area (Å²) >= 11 is 0. The van der Waals surface area contributed by atoms with Gasteiger partial charge in [0.2, 0.25) is 0 Å². The summed E-state index contributed by atoms with van der Waals surface area (Å²) in [5, 5.41) is 0. The number of nitrogens with zero attached hydrogens (tertiary/aromatic N) is 4. The zero-order valence-electron chi connectivity index (χ0n) is 18.2. The molecule has 1 amide bonds. The molecular formula is C26H28N4O2. The first-order valence-electron chi connectivity index (χ1n) is 11.2. The first kappa shape index (κ1) is 20.5. The Labute approximate surface area is 189 Å². The molecule has 6 nitrogen and oxygen atoms in total. The number of carbonyl (C=O) groups is 1. The Hall–Kier alpha value is -3.38. The van der Waals surface area contributed by atoms with Crippen LogP contribution in [0.4, 0.5) is 5.69 Å². The average molecular weight is 429 g/mol. The molecule has 0 aliphatic carbocycles. The highest BCUT2D eigenvalue weighted by Crippen LogP contribution is 2.26. The standard InChI is InChI=1S/C26H28N4O2/c31-26(22-5-4-10-27-18-22)30-15-16-32-25-9-8-21(17-23(25)20-30)19-28-11-13-29(14-12-28)24-6-2-1-3-7-24/h1-10,17-18H,11-16,19-20H2. The lowest BCUT2D eigenvalue weighted by Crippen LogP contribution is -2.45. The van der Waals surface area contributed by atoms with Crippen LogP contribution < -0.4 is 9.64 Å². The van der Waals surface area contributed by atoms with E-state index in [0.717, 1.165) is 44.0 Å². The van der Waals surface area contributed by atoms with Crippen LogP contribution in [0.1, 0.15) is 21.5 Å². The number of para-hydroxylation sites is 1. The Morgan fingerprint density at radius 3 is 2.56 bits per heavy atom. The molecule has 2 aliphatic rings. The van der Waals surface area contributed by atoms with Crippen molar-refractivity contribution in [2.75, 3.05) is 44.2 Å². The largest absolute Gasteiger partial charge is 0.491 e. The molecule has 3 aromatic rings. The number of carbonyl (C=O) groups excluding carboxylic acids is 1. The fraction of sp³-hybridized carbons (Fsp3) is 0.308.